The number of nitrogens with zero attached hydrogens (tertiary/aromatic N) is 1. The van der Waals surface area contributed by atoms with Crippen LogP contribution in [-0.2, 0) is 22.7 Å². The third-order valence-corrected chi connectivity index (χ3v) is 6.29. The molecule has 3 aromatic rings. The van der Waals surface area contributed by atoms with Gasteiger partial charge in [0, 0.05) is 24.8 Å². The molecule has 1 aromatic heterocycles. The standard InChI is InChI=1S/C22H21F3N2O3S/c1-16-7-10-19(11-8-16)31(29,30)26-20(17-5-3-2-4-6-17)13-14-27-15-18(22(23,24)25)9-12-21(27)28/h2-12,15,20,26H,13-14H2,1H3. The van der Waals surface area contributed by atoms with Crippen LogP contribution in [0.5, 0.6) is 0 Å². The van der Waals surface area contributed by atoms with E-state index in [4.69, 9.17) is 0 Å². The van der Waals surface area contributed by atoms with Crippen molar-refractivity contribution in [1.82, 2.24) is 9.29 Å². The molecule has 0 saturated carbocycles. The smallest absolute Gasteiger partial charge is 0.315 e. The molecular weight excluding hydrogens is 429 g/mol. The van der Waals surface area contributed by atoms with E-state index >= 15 is 0 Å². The molecule has 0 fully saturated rings. The number of halogens is 3. The van der Waals surface area contributed by atoms with E-state index in [0.29, 0.717) is 5.56 Å². The molecule has 1 atom stereocenters. The summed E-state index contributed by atoms with van der Waals surface area (Å²) in [5.41, 5.74) is 0.00509. The number of rotatable bonds is 7. The van der Waals surface area contributed by atoms with Gasteiger partial charge in [-0.3, -0.25) is 4.79 Å². The molecule has 1 heterocycles. The number of aromatic nitrogens is 1. The zero-order valence-electron chi connectivity index (χ0n) is 16.6. The van der Waals surface area contributed by atoms with Crippen molar-refractivity contribution in [1.29, 1.82) is 0 Å². The van der Waals surface area contributed by atoms with Gasteiger partial charge in [-0.2, -0.15) is 13.2 Å². The molecule has 0 radical (unpaired) electrons. The fourth-order valence-electron chi connectivity index (χ4n) is 3.09. The van der Waals surface area contributed by atoms with Gasteiger partial charge in [-0.05, 0) is 37.1 Å². The van der Waals surface area contributed by atoms with Crippen molar-refractivity contribution in [3.63, 3.8) is 0 Å². The maximum absolute atomic E-state index is 13.0. The van der Waals surface area contributed by atoms with Crippen LogP contribution in [0.2, 0.25) is 0 Å². The molecule has 1 unspecified atom stereocenters. The second-order valence-electron chi connectivity index (χ2n) is 7.13. The molecule has 2 aromatic carbocycles. The van der Waals surface area contributed by atoms with Gasteiger partial charge in [0.2, 0.25) is 10.0 Å². The fourth-order valence-corrected chi connectivity index (χ4v) is 4.35. The third kappa shape index (κ3) is 5.83. The molecule has 164 valence electrons. The van der Waals surface area contributed by atoms with Gasteiger partial charge in [0.1, 0.15) is 0 Å². The number of nitrogens with one attached hydrogen (secondary N) is 1. The van der Waals surface area contributed by atoms with E-state index in [-0.39, 0.29) is 17.9 Å². The number of pyridine rings is 1. The lowest BCUT2D eigenvalue weighted by Gasteiger charge is -2.20. The summed E-state index contributed by atoms with van der Waals surface area (Å²) in [6, 6.07) is 15.8. The van der Waals surface area contributed by atoms with Crippen molar-refractivity contribution < 1.29 is 21.6 Å². The Labute approximate surface area is 178 Å². The fraction of sp³-hybridized carbons (Fsp3) is 0.227. The van der Waals surface area contributed by atoms with Crippen molar-refractivity contribution in [2.75, 3.05) is 0 Å². The predicted octanol–water partition coefficient (Wildman–Crippen LogP) is 4.29. The van der Waals surface area contributed by atoms with Crippen LogP contribution < -0.4 is 10.3 Å². The number of aryl methyl sites for hydroxylation is 2. The Morgan fingerprint density at radius 2 is 1.61 bits per heavy atom. The van der Waals surface area contributed by atoms with Crippen LogP contribution in [0.4, 0.5) is 13.2 Å². The van der Waals surface area contributed by atoms with Gasteiger partial charge < -0.3 is 4.57 Å². The SMILES string of the molecule is Cc1ccc(S(=O)(=O)NC(CCn2cc(C(F)(F)F)ccc2=O)c2ccccc2)cc1. The lowest BCUT2D eigenvalue weighted by molar-refractivity contribution is -0.138. The van der Waals surface area contributed by atoms with Crippen LogP contribution >= 0.6 is 0 Å². The zero-order chi connectivity index (χ0) is 22.6. The molecule has 0 amide bonds. The molecule has 1 N–H and O–H groups in total. The highest BCUT2D eigenvalue weighted by Gasteiger charge is 2.31. The van der Waals surface area contributed by atoms with E-state index < -0.39 is 33.4 Å². The summed E-state index contributed by atoms with van der Waals surface area (Å²) in [5.74, 6) is 0. The number of benzene rings is 2. The summed E-state index contributed by atoms with van der Waals surface area (Å²) in [5, 5.41) is 0. The van der Waals surface area contributed by atoms with Gasteiger partial charge in [-0.25, -0.2) is 13.1 Å². The monoisotopic (exact) mass is 450 g/mol. The Kier molecular flexibility index (Phi) is 6.66. The molecular formula is C22H21F3N2O3S. The van der Waals surface area contributed by atoms with Crippen LogP contribution in [0, 0.1) is 6.92 Å². The first kappa shape index (κ1) is 22.8. The number of hydrogen-bond donors (Lipinski definition) is 1. The average molecular weight is 450 g/mol. The van der Waals surface area contributed by atoms with E-state index in [0.717, 1.165) is 28.5 Å². The van der Waals surface area contributed by atoms with Gasteiger partial charge in [0.15, 0.2) is 0 Å². The van der Waals surface area contributed by atoms with Crippen LogP contribution in [0.1, 0.15) is 29.2 Å². The van der Waals surface area contributed by atoms with Crippen LogP contribution in [0.25, 0.3) is 0 Å². The van der Waals surface area contributed by atoms with Gasteiger partial charge >= 0.3 is 6.18 Å². The predicted molar refractivity (Wildman–Crippen MR) is 111 cm³/mol. The minimum Gasteiger partial charge on any atom is -0.315 e. The highest BCUT2D eigenvalue weighted by molar-refractivity contribution is 7.89. The molecule has 0 spiro atoms. The highest BCUT2D eigenvalue weighted by Crippen LogP contribution is 2.28. The minimum absolute atomic E-state index is 0.0790. The van der Waals surface area contributed by atoms with E-state index in [2.05, 4.69) is 4.72 Å². The quantitative estimate of drug-likeness (QED) is 0.584. The second kappa shape index (κ2) is 9.07. The van der Waals surface area contributed by atoms with Crippen molar-refractivity contribution in [2.45, 2.75) is 37.0 Å². The summed E-state index contributed by atoms with van der Waals surface area (Å²) in [6.45, 7) is 1.74. The van der Waals surface area contributed by atoms with Crippen molar-refractivity contribution in [3.8, 4) is 0 Å². The average Bonchev–Trinajstić information content (AvgIpc) is 2.72. The third-order valence-electron chi connectivity index (χ3n) is 4.80. The summed E-state index contributed by atoms with van der Waals surface area (Å²) in [4.78, 5) is 12.1. The van der Waals surface area contributed by atoms with Gasteiger partial charge in [0.05, 0.1) is 10.5 Å². The Morgan fingerprint density at radius 1 is 0.968 bits per heavy atom. The topological polar surface area (TPSA) is 68.2 Å². The van der Waals surface area contributed by atoms with Crippen LogP contribution in [0.3, 0.4) is 0 Å². The van der Waals surface area contributed by atoms with E-state index in [1.165, 1.54) is 12.1 Å². The molecule has 9 heteroatoms. The van der Waals surface area contributed by atoms with Crippen molar-refractivity contribution >= 4 is 10.0 Å². The number of sulfonamides is 1. The van der Waals surface area contributed by atoms with E-state index in [1.54, 1.807) is 42.5 Å². The summed E-state index contributed by atoms with van der Waals surface area (Å²) in [6.07, 6.45) is -3.75. The normalized spacial score (nSPS) is 13.2. The summed E-state index contributed by atoms with van der Waals surface area (Å²) in [7, 11) is -3.89. The van der Waals surface area contributed by atoms with Gasteiger partial charge in [0.25, 0.3) is 5.56 Å². The number of alkyl halides is 3. The first-order chi connectivity index (χ1) is 14.6. The van der Waals surface area contributed by atoms with Crippen LogP contribution in [-0.4, -0.2) is 13.0 Å². The largest absolute Gasteiger partial charge is 0.417 e. The molecule has 0 aliphatic rings. The zero-order valence-corrected chi connectivity index (χ0v) is 17.5. The number of hydrogen-bond acceptors (Lipinski definition) is 3. The summed E-state index contributed by atoms with van der Waals surface area (Å²) < 4.78 is 68.3. The second-order valence-corrected chi connectivity index (χ2v) is 8.85. The Bertz CT molecular complexity index is 1190. The molecule has 0 aliphatic heterocycles. The minimum atomic E-state index is -4.58. The molecule has 5 nitrogen and oxygen atoms in total. The van der Waals surface area contributed by atoms with E-state index in [9.17, 15) is 26.4 Å². The lowest BCUT2D eigenvalue weighted by atomic mass is 10.0. The van der Waals surface area contributed by atoms with Crippen molar-refractivity contribution in [2.24, 2.45) is 0 Å². The highest BCUT2D eigenvalue weighted by atomic mass is 32.2. The molecule has 31 heavy (non-hydrogen) atoms. The molecule has 0 aliphatic carbocycles. The van der Waals surface area contributed by atoms with E-state index in [1.807, 2.05) is 6.92 Å². The maximum Gasteiger partial charge on any atom is 0.417 e. The first-order valence-corrected chi connectivity index (χ1v) is 11.0. The first-order valence-electron chi connectivity index (χ1n) is 9.48. The molecule has 0 bridgehead atoms. The van der Waals surface area contributed by atoms with Gasteiger partial charge in [-0.1, -0.05) is 48.0 Å². The Balaban J connectivity index is 1.88. The molecule has 3 rings (SSSR count). The van der Waals surface area contributed by atoms with Crippen LogP contribution in [0.15, 0.2) is 82.6 Å². The van der Waals surface area contributed by atoms with Gasteiger partial charge in [-0.15, -0.1) is 0 Å². The summed E-state index contributed by atoms with van der Waals surface area (Å²) >= 11 is 0. The maximum atomic E-state index is 13.0. The van der Waals surface area contributed by atoms with Crippen molar-refractivity contribution in [3.05, 3.63) is 100.0 Å². The Morgan fingerprint density at radius 3 is 2.23 bits per heavy atom. The Hall–Kier alpha value is -2.91. The lowest BCUT2D eigenvalue weighted by Crippen LogP contribution is -2.31. The molecule has 0 saturated heterocycles.